The molecule has 0 spiro atoms. The number of aliphatic hydroxyl groups excluding tert-OH is 1. The molecule has 1 N–H and O–H groups in total. The van der Waals surface area contributed by atoms with Gasteiger partial charge in [-0.3, -0.25) is 4.79 Å². The van der Waals surface area contributed by atoms with Crippen LogP contribution >= 0.6 is 0 Å². The molecule has 0 bridgehead atoms. The summed E-state index contributed by atoms with van der Waals surface area (Å²) in [6.07, 6.45) is 1.07. The molecule has 0 aliphatic rings. The molecule has 0 fully saturated rings. The largest absolute Gasteiger partial charge is 0.469 e. The summed E-state index contributed by atoms with van der Waals surface area (Å²) in [5.41, 5.74) is 2.17. The van der Waals surface area contributed by atoms with E-state index < -0.39 is 6.10 Å². The van der Waals surface area contributed by atoms with Gasteiger partial charge in [-0.05, 0) is 29.9 Å². The van der Waals surface area contributed by atoms with Gasteiger partial charge in [-0.15, -0.1) is 0 Å². The third-order valence-corrected chi connectivity index (χ3v) is 3.07. The van der Waals surface area contributed by atoms with Crippen LogP contribution in [-0.2, 0) is 9.53 Å². The summed E-state index contributed by atoms with van der Waals surface area (Å²) < 4.78 is 4.56. The lowest BCUT2D eigenvalue weighted by Gasteiger charge is -2.12. The molecule has 0 saturated carbocycles. The minimum atomic E-state index is -0.504. The molecule has 0 amide bonds. The van der Waals surface area contributed by atoms with Crippen molar-refractivity contribution in [3.63, 3.8) is 0 Å². The fraction of sp³-hybridized carbons (Fsp3) is 0.533. The highest BCUT2D eigenvalue weighted by molar-refractivity contribution is 5.68. The highest BCUT2D eigenvalue weighted by Gasteiger charge is 2.09. The summed E-state index contributed by atoms with van der Waals surface area (Å²) in [5, 5.41) is 9.98. The van der Waals surface area contributed by atoms with Gasteiger partial charge in [-0.1, -0.05) is 38.1 Å². The molecule has 3 heteroatoms. The van der Waals surface area contributed by atoms with Crippen molar-refractivity contribution in [1.82, 2.24) is 0 Å². The SMILES string of the molecule is COC(=O)CCCC(O)c1ccc(C(C)C)cc1. The Labute approximate surface area is 109 Å². The van der Waals surface area contributed by atoms with Crippen molar-refractivity contribution in [1.29, 1.82) is 0 Å². The van der Waals surface area contributed by atoms with E-state index in [4.69, 9.17) is 0 Å². The first-order valence-corrected chi connectivity index (χ1v) is 6.39. The molecular weight excluding hydrogens is 228 g/mol. The van der Waals surface area contributed by atoms with Crippen LogP contribution in [0.25, 0.3) is 0 Å². The summed E-state index contributed by atoms with van der Waals surface area (Å²) in [7, 11) is 1.38. The normalized spacial score (nSPS) is 12.5. The Morgan fingerprint density at radius 1 is 1.22 bits per heavy atom. The van der Waals surface area contributed by atoms with Crippen molar-refractivity contribution < 1.29 is 14.6 Å². The zero-order chi connectivity index (χ0) is 13.5. The number of hydrogen-bond acceptors (Lipinski definition) is 3. The van der Waals surface area contributed by atoms with Gasteiger partial charge in [0.2, 0.25) is 0 Å². The number of benzene rings is 1. The lowest BCUT2D eigenvalue weighted by Crippen LogP contribution is -2.03. The van der Waals surface area contributed by atoms with Crippen molar-refractivity contribution in [2.24, 2.45) is 0 Å². The molecule has 100 valence electrons. The number of ether oxygens (including phenoxy) is 1. The minimum Gasteiger partial charge on any atom is -0.469 e. The fourth-order valence-corrected chi connectivity index (χ4v) is 1.81. The first-order valence-electron chi connectivity index (χ1n) is 6.39. The van der Waals surface area contributed by atoms with Crippen molar-refractivity contribution in [3.05, 3.63) is 35.4 Å². The average molecular weight is 250 g/mol. The topological polar surface area (TPSA) is 46.5 Å². The number of carbonyl (C=O) groups is 1. The fourth-order valence-electron chi connectivity index (χ4n) is 1.81. The summed E-state index contributed by atoms with van der Waals surface area (Å²) in [6.45, 7) is 4.28. The average Bonchev–Trinajstić information content (AvgIpc) is 2.38. The van der Waals surface area contributed by atoms with Gasteiger partial charge >= 0.3 is 5.97 Å². The molecule has 1 aromatic carbocycles. The van der Waals surface area contributed by atoms with Crippen molar-refractivity contribution in [3.8, 4) is 0 Å². The van der Waals surface area contributed by atoms with Gasteiger partial charge in [0, 0.05) is 6.42 Å². The Balaban J connectivity index is 2.46. The number of aliphatic hydroxyl groups is 1. The molecule has 18 heavy (non-hydrogen) atoms. The third kappa shape index (κ3) is 4.49. The standard InChI is InChI=1S/C15H22O3/c1-11(2)12-7-9-13(10-8-12)14(16)5-4-6-15(17)18-3/h7-11,14,16H,4-6H2,1-3H3. The van der Waals surface area contributed by atoms with Gasteiger partial charge < -0.3 is 9.84 Å². The minimum absolute atomic E-state index is 0.225. The monoisotopic (exact) mass is 250 g/mol. The number of hydrogen-bond donors (Lipinski definition) is 1. The highest BCUT2D eigenvalue weighted by atomic mass is 16.5. The Morgan fingerprint density at radius 3 is 2.28 bits per heavy atom. The van der Waals surface area contributed by atoms with Crippen LogP contribution in [0.4, 0.5) is 0 Å². The van der Waals surface area contributed by atoms with E-state index in [0.717, 1.165) is 5.56 Å². The Bertz CT molecular complexity index is 368. The van der Waals surface area contributed by atoms with Gasteiger partial charge in [0.05, 0.1) is 13.2 Å². The van der Waals surface area contributed by atoms with E-state index in [1.165, 1.54) is 12.7 Å². The van der Waals surface area contributed by atoms with Gasteiger partial charge in [-0.25, -0.2) is 0 Å². The Hall–Kier alpha value is -1.35. The first-order chi connectivity index (χ1) is 8.54. The summed E-state index contributed by atoms with van der Waals surface area (Å²) in [6, 6.07) is 8.00. The van der Waals surface area contributed by atoms with Crippen molar-refractivity contribution >= 4 is 5.97 Å². The maximum atomic E-state index is 10.9. The van der Waals surface area contributed by atoms with Crippen LogP contribution in [0.15, 0.2) is 24.3 Å². The molecular formula is C15H22O3. The number of carbonyl (C=O) groups excluding carboxylic acids is 1. The van der Waals surface area contributed by atoms with E-state index in [0.29, 0.717) is 25.2 Å². The molecule has 1 atom stereocenters. The number of esters is 1. The van der Waals surface area contributed by atoms with Gasteiger partial charge in [0.25, 0.3) is 0 Å². The van der Waals surface area contributed by atoms with E-state index in [1.54, 1.807) is 0 Å². The van der Waals surface area contributed by atoms with Crippen molar-refractivity contribution in [2.45, 2.75) is 45.1 Å². The van der Waals surface area contributed by atoms with Crippen LogP contribution in [0.2, 0.25) is 0 Å². The molecule has 1 aromatic rings. The van der Waals surface area contributed by atoms with E-state index in [1.807, 2.05) is 24.3 Å². The van der Waals surface area contributed by atoms with Crippen LogP contribution in [0.1, 0.15) is 56.3 Å². The molecule has 0 saturated heterocycles. The summed E-state index contributed by atoms with van der Waals surface area (Å²) in [5.74, 6) is 0.271. The molecule has 0 heterocycles. The molecule has 0 aliphatic carbocycles. The van der Waals surface area contributed by atoms with E-state index in [9.17, 15) is 9.90 Å². The van der Waals surface area contributed by atoms with E-state index in [-0.39, 0.29) is 5.97 Å². The smallest absolute Gasteiger partial charge is 0.305 e. The molecule has 0 radical (unpaired) electrons. The second kappa shape index (κ2) is 7.17. The second-order valence-corrected chi connectivity index (χ2v) is 4.81. The predicted molar refractivity (Wildman–Crippen MR) is 71.4 cm³/mol. The quantitative estimate of drug-likeness (QED) is 0.789. The molecule has 0 aromatic heterocycles. The number of methoxy groups -OCH3 is 1. The van der Waals surface area contributed by atoms with Gasteiger partial charge in [0.15, 0.2) is 0 Å². The number of rotatable bonds is 6. The maximum Gasteiger partial charge on any atom is 0.305 e. The second-order valence-electron chi connectivity index (χ2n) is 4.81. The molecule has 0 aliphatic heterocycles. The highest BCUT2D eigenvalue weighted by Crippen LogP contribution is 2.22. The molecule has 3 nitrogen and oxygen atoms in total. The van der Waals surface area contributed by atoms with Crippen LogP contribution in [0.3, 0.4) is 0 Å². The summed E-state index contributed by atoms with van der Waals surface area (Å²) >= 11 is 0. The van der Waals surface area contributed by atoms with Crippen LogP contribution in [0, 0.1) is 0 Å². The van der Waals surface area contributed by atoms with Gasteiger partial charge in [0.1, 0.15) is 0 Å². The molecule has 1 rings (SSSR count). The van der Waals surface area contributed by atoms with E-state index >= 15 is 0 Å². The van der Waals surface area contributed by atoms with Crippen LogP contribution in [-0.4, -0.2) is 18.2 Å². The lowest BCUT2D eigenvalue weighted by atomic mass is 9.98. The predicted octanol–water partition coefficient (Wildman–Crippen LogP) is 3.19. The maximum absolute atomic E-state index is 10.9. The zero-order valence-electron chi connectivity index (χ0n) is 11.3. The van der Waals surface area contributed by atoms with Gasteiger partial charge in [-0.2, -0.15) is 0 Å². The van der Waals surface area contributed by atoms with E-state index in [2.05, 4.69) is 18.6 Å². The summed E-state index contributed by atoms with van der Waals surface area (Å²) in [4.78, 5) is 10.9. The lowest BCUT2D eigenvalue weighted by molar-refractivity contribution is -0.140. The van der Waals surface area contributed by atoms with Crippen LogP contribution < -0.4 is 0 Å². The molecule has 1 unspecified atom stereocenters. The Kier molecular flexibility index (Phi) is 5.86. The van der Waals surface area contributed by atoms with Crippen LogP contribution in [0.5, 0.6) is 0 Å². The third-order valence-electron chi connectivity index (χ3n) is 3.07. The zero-order valence-corrected chi connectivity index (χ0v) is 11.3. The first kappa shape index (κ1) is 14.7. The Morgan fingerprint density at radius 2 is 1.78 bits per heavy atom. The van der Waals surface area contributed by atoms with Crippen molar-refractivity contribution in [2.75, 3.05) is 7.11 Å².